The van der Waals surface area contributed by atoms with E-state index in [0.29, 0.717) is 35.8 Å². The number of carbonyl (C=O) groups is 1. The number of halogens is 3. The summed E-state index contributed by atoms with van der Waals surface area (Å²) in [6.45, 7) is 6.32. The average Bonchev–Trinajstić information content (AvgIpc) is 3.38. The molecule has 2 aromatic carbocycles. The zero-order valence-electron chi connectivity index (χ0n) is 22.2. The number of benzene rings is 2. The number of amides is 2. The van der Waals surface area contributed by atoms with E-state index in [9.17, 15) is 18.0 Å². The van der Waals surface area contributed by atoms with Crippen molar-refractivity contribution in [2.45, 2.75) is 19.6 Å². The molecule has 13 heteroatoms. The van der Waals surface area contributed by atoms with Crippen LogP contribution in [0.5, 0.6) is 0 Å². The van der Waals surface area contributed by atoms with Gasteiger partial charge in [-0.3, -0.25) is 9.47 Å². The third-order valence-electron chi connectivity index (χ3n) is 6.95. The second kappa shape index (κ2) is 11.5. The van der Waals surface area contributed by atoms with Crippen LogP contribution in [0.25, 0.3) is 16.9 Å². The van der Waals surface area contributed by atoms with E-state index in [1.807, 2.05) is 4.90 Å². The number of nitrogens with one attached hydrogen (secondary N) is 3. The van der Waals surface area contributed by atoms with Gasteiger partial charge in [-0.05, 0) is 48.5 Å². The van der Waals surface area contributed by atoms with Crippen molar-refractivity contribution in [3.05, 3.63) is 66.2 Å². The van der Waals surface area contributed by atoms with Gasteiger partial charge in [-0.1, -0.05) is 13.0 Å². The molecule has 0 spiro atoms. The summed E-state index contributed by atoms with van der Waals surface area (Å²) in [5.74, 6) is 0.607. The number of piperazine rings is 1. The van der Waals surface area contributed by atoms with E-state index in [4.69, 9.17) is 0 Å². The minimum Gasteiger partial charge on any atom is -0.371 e. The summed E-state index contributed by atoms with van der Waals surface area (Å²) in [7, 11) is 1.75. The lowest BCUT2D eigenvalue weighted by Crippen LogP contribution is -2.45. The minimum absolute atomic E-state index is 0.0610. The molecule has 0 aliphatic carbocycles. The highest BCUT2D eigenvalue weighted by Gasteiger charge is 2.34. The summed E-state index contributed by atoms with van der Waals surface area (Å²) in [5, 5.41) is 8.15. The first kappa shape index (κ1) is 27.3. The van der Waals surface area contributed by atoms with Crippen LogP contribution in [0, 0.1) is 0 Å². The van der Waals surface area contributed by atoms with Crippen LogP contribution < -0.4 is 16.0 Å². The number of likely N-dealkylation sites (N-methyl/N-ethyl adjacent to an activating group) is 1. The summed E-state index contributed by atoms with van der Waals surface area (Å²) in [6.07, 6.45) is -1.47. The molecule has 4 aromatic rings. The highest BCUT2D eigenvalue weighted by Crippen LogP contribution is 2.34. The molecule has 40 heavy (non-hydrogen) atoms. The highest BCUT2D eigenvalue weighted by atomic mass is 19.4. The quantitative estimate of drug-likeness (QED) is 0.306. The van der Waals surface area contributed by atoms with Gasteiger partial charge in [-0.25, -0.2) is 19.7 Å². The zero-order chi connectivity index (χ0) is 28.3. The van der Waals surface area contributed by atoms with E-state index in [1.54, 1.807) is 42.2 Å². The Morgan fingerprint density at radius 2 is 1.60 bits per heavy atom. The van der Waals surface area contributed by atoms with Crippen molar-refractivity contribution in [1.82, 2.24) is 29.3 Å². The Balaban J connectivity index is 1.25. The van der Waals surface area contributed by atoms with Crippen molar-refractivity contribution in [3.63, 3.8) is 0 Å². The van der Waals surface area contributed by atoms with Gasteiger partial charge in [0.2, 0.25) is 0 Å². The van der Waals surface area contributed by atoms with Gasteiger partial charge in [0.1, 0.15) is 12.7 Å². The summed E-state index contributed by atoms with van der Waals surface area (Å²) in [6, 6.07) is 10.2. The molecule has 1 saturated heterocycles. The molecule has 1 aliphatic heterocycles. The van der Waals surface area contributed by atoms with Crippen LogP contribution in [-0.4, -0.2) is 75.1 Å². The van der Waals surface area contributed by atoms with Crippen molar-refractivity contribution in [3.8, 4) is 5.69 Å². The fourth-order valence-corrected chi connectivity index (χ4v) is 4.77. The van der Waals surface area contributed by atoms with Crippen molar-refractivity contribution in [2.24, 2.45) is 0 Å². The van der Waals surface area contributed by atoms with Gasteiger partial charge < -0.3 is 20.9 Å². The highest BCUT2D eigenvalue weighted by molar-refractivity contribution is 5.99. The molecule has 2 amide bonds. The molecule has 0 saturated carbocycles. The van der Waals surface area contributed by atoms with Crippen LogP contribution in [0.2, 0.25) is 0 Å². The van der Waals surface area contributed by atoms with Crippen LogP contribution >= 0.6 is 0 Å². The van der Waals surface area contributed by atoms with Crippen LogP contribution in [0.4, 0.5) is 35.2 Å². The lowest BCUT2D eigenvalue weighted by molar-refractivity contribution is -0.138. The monoisotopic (exact) mass is 553 g/mol. The molecule has 0 atom stereocenters. The van der Waals surface area contributed by atoms with E-state index in [2.05, 4.69) is 42.7 Å². The van der Waals surface area contributed by atoms with Gasteiger partial charge in [-0.2, -0.15) is 13.2 Å². The topological polar surface area (TPSA) is 103 Å². The second-order valence-corrected chi connectivity index (χ2v) is 9.47. The van der Waals surface area contributed by atoms with E-state index < -0.39 is 17.8 Å². The third-order valence-corrected chi connectivity index (χ3v) is 6.95. The molecule has 1 aliphatic rings. The number of anilines is 3. The first-order valence-corrected chi connectivity index (χ1v) is 12.9. The van der Waals surface area contributed by atoms with Gasteiger partial charge in [0.15, 0.2) is 17.0 Å². The molecule has 3 heterocycles. The smallest absolute Gasteiger partial charge is 0.371 e. The molecule has 0 bridgehead atoms. The fourth-order valence-electron chi connectivity index (χ4n) is 4.77. The van der Waals surface area contributed by atoms with E-state index in [-0.39, 0.29) is 17.8 Å². The average molecular weight is 554 g/mol. The minimum atomic E-state index is -4.54. The van der Waals surface area contributed by atoms with Crippen molar-refractivity contribution >= 4 is 34.4 Å². The Bertz CT molecular complexity index is 1480. The number of nitrogens with zero attached hydrogens (tertiary/aromatic N) is 6. The molecular weight excluding hydrogens is 523 g/mol. The van der Waals surface area contributed by atoms with Crippen LogP contribution in [0.1, 0.15) is 18.1 Å². The van der Waals surface area contributed by atoms with E-state index in [0.717, 1.165) is 31.4 Å². The molecule has 2 aromatic heterocycles. The SMILES string of the molecule is CCN1CCN(Cc2ccc(NC(=O)Nc3ccc(-n4cnc5c(NC)ncnc54)cc3)cc2C(F)(F)F)CC1. The van der Waals surface area contributed by atoms with E-state index >= 15 is 0 Å². The van der Waals surface area contributed by atoms with Crippen molar-refractivity contribution in [2.75, 3.05) is 55.7 Å². The lowest BCUT2D eigenvalue weighted by atomic mass is 10.0. The molecule has 5 rings (SSSR count). The lowest BCUT2D eigenvalue weighted by Gasteiger charge is -2.34. The number of imidazole rings is 1. The van der Waals surface area contributed by atoms with Crippen LogP contribution in [-0.2, 0) is 12.7 Å². The summed E-state index contributed by atoms with van der Waals surface area (Å²) >= 11 is 0. The van der Waals surface area contributed by atoms with Gasteiger partial charge in [0, 0.05) is 56.8 Å². The van der Waals surface area contributed by atoms with Gasteiger partial charge in [-0.15, -0.1) is 0 Å². The molecule has 0 radical (unpaired) electrons. The zero-order valence-corrected chi connectivity index (χ0v) is 22.2. The molecule has 0 unspecified atom stereocenters. The molecule has 210 valence electrons. The Kier molecular flexibility index (Phi) is 7.85. The molecule has 1 fully saturated rings. The van der Waals surface area contributed by atoms with E-state index in [1.165, 1.54) is 18.5 Å². The molecular formula is C27H30F3N9O. The van der Waals surface area contributed by atoms with Crippen molar-refractivity contribution in [1.29, 1.82) is 0 Å². The number of rotatable bonds is 7. The maximum absolute atomic E-state index is 13.9. The third kappa shape index (κ3) is 6.00. The number of urea groups is 1. The molecule has 10 nitrogen and oxygen atoms in total. The maximum atomic E-state index is 13.9. The predicted molar refractivity (Wildman–Crippen MR) is 148 cm³/mol. The van der Waals surface area contributed by atoms with Crippen LogP contribution in [0.3, 0.4) is 0 Å². The maximum Gasteiger partial charge on any atom is 0.416 e. The fraction of sp³-hybridized carbons (Fsp3) is 0.333. The van der Waals surface area contributed by atoms with Crippen molar-refractivity contribution < 1.29 is 18.0 Å². The van der Waals surface area contributed by atoms with Gasteiger partial charge >= 0.3 is 12.2 Å². The summed E-state index contributed by atoms with van der Waals surface area (Å²) in [5.41, 5.74) is 1.97. The Labute approximate surface area is 229 Å². The molecule has 3 N–H and O–H groups in total. The predicted octanol–water partition coefficient (Wildman–Crippen LogP) is 4.66. The number of carbonyl (C=O) groups excluding carboxylic acids is 1. The number of hydrogen-bond donors (Lipinski definition) is 3. The number of fused-ring (bicyclic) bond motifs is 1. The Morgan fingerprint density at radius 3 is 2.27 bits per heavy atom. The normalized spacial score (nSPS) is 14.8. The van der Waals surface area contributed by atoms with Crippen LogP contribution in [0.15, 0.2) is 55.1 Å². The van der Waals surface area contributed by atoms with Gasteiger partial charge in [0.05, 0.1) is 5.56 Å². The first-order chi connectivity index (χ1) is 19.2. The largest absolute Gasteiger partial charge is 0.416 e. The standard InChI is InChI=1S/C27H30F3N9O/c1-3-37-10-12-38(13-11-37)15-18-4-5-20(14-22(18)27(28,29)30)36-26(40)35-19-6-8-21(9-7-19)39-17-34-23-24(31-2)32-16-33-25(23)39/h4-9,14,16-17H,3,10-13,15H2,1-2H3,(H,31,32,33)(H2,35,36,40). The summed E-state index contributed by atoms with van der Waals surface area (Å²) in [4.78, 5) is 29.7. The Morgan fingerprint density at radius 1 is 0.925 bits per heavy atom. The summed E-state index contributed by atoms with van der Waals surface area (Å²) < 4.78 is 43.5. The second-order valence-electron chi connectivity index (χ2n) is 9.47. The Hall–Kier alpha value is -4.23. The van der Waals surface area contributed by atoms with Gasteiger partial charge in [0.25, 0.3) is 0 Å². The number of alkyl halides is 3. The number of aromatic nitrogens is 4. The number of hydrogen-bond acceptors (Lipinski definition) is 7. The first-order valence-electron chi connectivity index (χ1n) is 12.9.